The lowest BCUT2D eigenvalue weighted by atomic mass is 10.1. The van der Waals surface area contributed by atoms with Crippen LogP contribution in [0.4, 0.5) is 5.69 Å². The van der Waals surface area contributed by atoms with Gasteiger partial charge in [0.05, 0.1) is 11.9 Å². The van der Waals surface area contributed by atoms with Crippen LogP contribution >= 0.6 is 11.6 Å². The maximum atomic E-state index is 12.9. The first-order valence-electron chi connectivity index (χ1n) is 7.88. The van der Waals surface area contributed by atoms with Crippen molar-refractivity contribution in [3.05, 3.63) is 29.3 Å². The second kappa shape index (κ2) is 7.53. The molecule has 0 radical (unpaired) electrons. The average Bonchev–Trinajstić information content (AvgIpc) is 2.53. The Labute approximate surface area is 143 Å². The van der Waals surface area contributed by atoms with Gasteiger partial charge >= 0.3 is 0 Å². The molecule has 0 saturated carbocycles. The molecule has 0 aliphatic carbocycles. The number of carbonyl (C=O) groups is 1. The van der Waals surface area contributed by atoms with Gasteiger partial charge in [0.2, 0.25) is 15.9 Å². The van der Waals surface area contributed by atoms with Crippen molar-refractivity contribution in [1.29, 1.82) is 0 Å². The number of amides is 1. The number of anilines is 1. The summed E-state index contributed by atoms with van der Waals surface area (Å²) in [7, 11) is -3.58. The molecule has 0 N–H and O–H groups in total. The van der Waals surface area contributed by atoms with E-state index in [9.17, 15) is 13.2 Å². The summed E-state index contributed by atoms with van der Waals surface area (Å²) < 4.78 is 25.9. The molecule has 1 atom stereocenters. The van der Waals surface area contributed by atoms with Gasteiger partial charge in [0, 0.05) is 18.1 Å². The van der Waals surface area contributed by atoms with Crippen LogP contribution < -0.4 is 4.31 Å². The van der Waals surface area contributed by atoms with Crippen LogP contribution in [0.25, 0.3) is 0 Å². The van der Waals surface area contributed by atoms with E-state index in [1.165, 1.54) is 4.31 Å². The van der Waals surface area contributed by atoms with E-state index in [-0.39, 0.29) is 5.91 Å². The van der Waals surface area contributed by atoms with Crippen molar-refractivity contribution in [3.63, 3.8) is 0 Å². The fourth-order valence-corrected chi connectivity index (χ4v) is 4.29. The fourth-order valence-electron chi connectivity index (χ4n) is 2.96. The van der Waals surface area contributed by atoms with Crippen LogP contribution in [-0.4, -0.2) is 44.6 Å². The lowest BCUT2D eigenvalue weighted by Crippen LogP contribution is -2.51. The highest BCUT2D eigenvalue weighted by Crippen LogP contribution is 2.25. The van der Waals surface area contributed by atoms with Crippen LogP contribution in [0.5, 0.6) is 0 Å². The smallest absolute Gasteiger partial charge is 0.246 e. The minimum absolute atomic E-state index is 0.118. The summed E-state index contributed by atoms with van der Waals surface area (Å²) in [5.74, 6) is -0.118. The number of piperidine rings is 1. The normalized spacial score (nSPS) is 16.9. The van der Waals surface area contributed by atoms with Gasteiger partial charge in [0.1, 0.15) is 6.04 Å². The van der Waals surface area contributed by atoms with Gasteiger partial charge < -0.3 is 4.90 Å². The largest absolute Gasteiger partial charge is 0.341 e. The summed E-state index contributed by atoms with van der Waals surface area (Å²) in [5.41, 5.74) is 0.467. The Bertz CT molecular complexity index is 640. The van der Waals surface area contributed by atoms with Crippen LogP contribution in [0.3, 0.4) is 0 Å². The van der Waals surface area contributed by atoms with Gasteiger partial charge in [-0.15, -0.1) is 0 Å². The molecule has 1 heterocycles. The Balaban J connectivity index is 2.35. The van der Waals surface area contributed by atoms with Crippen LogP contribution in [0.15, 0.2) is 24.3 Å². The van der Waals surface area contributed by atoms with Gasteiger partial charge in [-0.1, -0.05) is 18.5 Å². The number of halogens is 1. The first kappa shape index (κ1) is 18.1. The predicted molar refractivity (Wildman–Crippen MR) is 93.3 cm³/mol. The van der Waals surface area contributed by atoms with E-state index >= 15 is 0 Å². The van der Waals surface area contributed by atoms with E-state index in [4.69, 9.17) is 11.6 Å². The second-order valence-corrected chi connectivity index (χ2v) is 8.14. The minimum atomic E-state index is -3.58. The molecule has 23 heavy (non-hydrogen) atoms. The van der Waals surface area contributed by atoms with Crippen molar-refractivity contribution in [2.45, 2.75) is 38.6 Å². The van der Waals surface area contributed by atoms with Gasteiger partial charge in [-0.25, -0.2) is 8.42 Å². The molecular weight excluding hydrogens is 336 g/mol. The maximum absolute atomic E-state index is 12.9. The molecule has 1 aromatic rings. The number of nitrogens with zero attached hydrogens (tertiary/aromatic N) is 2. The van der Waals surface area contributed by atoms with Gasteiger partial charge in [-0.3, -0.25) is 9.10 Å². The molecule has 128 valence electrons. The summed E-state index contributed by atoms with van der Waals surface area (Å²) in [6.07, 6.45) is 4.62. The van der Waals surface area contributed by atoms with E-state index in [0.29, 0.717) is 30.2 Å². The van der Waals surface area contributed by atoms with Crippen molar-refractivity contribution in [3.8, 4) is 0 Å². The molecule has 1 aromatic carbocycles. The zero-order valence-electron chi connectivity index (χ0n) is 13.5. The third kappa shape index (κ3) is 4.38. The summed E-state index contributed by atoms with van der Waals surface area (Å²) in [4.78, 5) is 14.6. The Hall–Kier alpha value is -1.27. The maximum Gasteiger partial charge on any atom is 0.246 e. The molecule has 0 bridgehead atoms. The molecule has 1 saturated heterocycles. The van der Waals surface area contributed by atoms with Crippen LogP contribution in [-0.2, 0) is 14.8 Å². The first-order valence-corrected chi connectivity index (χ1v) is 10.1. The van der Waals surface area contributed by atoms with Gasteiger partial charge in [-0.05, 0) is 49.9 Å². The molecule has 7 heteroatoms. The number of hydrogen-bond donors (Lipinski definition) is 0. The SMILES string of the molecule is CC[C@@H](C(=O)N1CCCCC1)N(c1ccc(Cl)cc1)S(C)(=O)=O. The minimum Gasteiger partial charge on any atom is -0.341 e. The quantitative estimate of drug-likeness (QED) is 0.813. The number of likely N-dealkylation sites (tertiary alicyclic amines) is 1. The number of rotatable bonds is 5. The predicted octanol–water partition coefficient (Wildman–Crippen LogP) is 2.90. The third-order valence-electron chi connectivity index (χ3n) is 4.06. The lowest BCUT2D eigenvalue weighted by molar-refractivity contribution is -0.133. The monoisotopic (exact) mass is 358 g/mol. The molecule has 0 aromatic heterocycles. The number of carbonyl (C=O) groups excluding carboxylic acids is 1. The molecule has 1 aliphatic rings. The average molecular weight is 359 g/mol. The van der Waals surface area contributed by atoms with Crippen molar-refractivity contribution < 1.29 is 13.2 Å². The summed E-state index contributed by atoms with van der Waals surface area (Å²) >= 11 is 5.89. The summed E-state index contributed by atoms with van der Waals surface area (Å²) in [5, 5.41) is 0.526. The molecular formula is C16H23ClN2O3S. The van der Waals surface area contributed by atoms with Gasteiger partial charge in [-0.2, -0.15) is 0 Å². The number of hydrogen-bond acceptors (Lipinski definition) is 3. The van der Waals surface area contributed by atoms with Crippen LogP contribution in [0, 0.1) is 0 Å². The van der Waals surface area contributed by atoms with E-state index in [1.54, 1.807) is 29.2 Å². The first-order chi connectivity index (χ1) is 10.8. The van der Waals surface area contributed by atoms with E-state index in [1.807, 2.05) is 6.92 Å². The molecule has 0 spiro atoms. The fraction of sp³-hybridized carbons (Fsp3) is 0.562. The van der Waals surface area contributed by atoms with Crippen LogP contribution in [0.2, 0.25) is 5.02 Å². The molecule has 2 rings (SSSR count). The van der Waals surface area contributed by atoms with E-state index < -0.39 is 16.1 Å². The van der Waals surface area contributed by atoms with Gasteiger partial charge in [0.25, 0.3) is 0 Å². The van der Waals surface area contributed by atoms with E-state index in [0.717, 1.165) is 25.5 Å². The molecule has 1 aliphatic heterocycles. The van der Waals surface area contributed by atoms with Crippen molar-refractivity contribution in [2.24, 2.45) is 0 Å². The summed E-state index contributed by atoms with van der Waals surface area (Å²) in [6, 6.07) is 5.81. The van der Waals surface area contributed by atoms with E-state index in [2.05, 4.69) is 0 Å². The van der Waals surface area contributed by atoms with Gasteiger partial charge in [0.15, 0.2) is 0 Å². The Morgan fingerprint density at radius 1 is 1.22 bits per heavy atom. The van der Waals surface area contributed by atoms with Crippen LogP contribution in [0.1, 0.15) is 32.6 Å². The zero-order chi connectivity index (χ0) is 17.0. The standard InChI is InChI=1S/C16H23ClN2O3S/c1-3-15(16(20)18-11-5-4-6-12-18)19(23(2,21)22)14-9-7-13(17)8-10-14/h7-10,15H,3-6,11-12H2,1-2H3/t15-/m0/s1. The topological polar surface area (TPSA) is 57.7 Å². The van der Waals surface area contributed by atoms with Crippen molar-refractivity contribution in [1.82, 2.24) is 4.90 Å². The zero-order valence-corrected chi connectivity index (χ0v) is 15.1. The van der Waals surface area contributed by atoms with Crippen molar-refractivity contribution in [2.75, 3.05) is 23.7 Å². The summed E-state index contributed by atoms with van der Waals surface area (Å²) in [6.45, 7) is 3.24. The highest BCUT2D eigenvalue weighted by Gasteiger charge is 2.34. The van der Waals surface area contributed by atoms with Crippen molar-refractivity contribution >= 4 is 33.2 Å². The number of benzene rings is 1. The Morgan fingerprint density at radius 2 is 1.78 bits per heavy atom. The molecule has 1 amide bonds. The Morgan fingerprint density at radius 3 is 2.26 bits per heavy atom. The highest BCUT2D eigenvalue weighted by molar-refractivity contribution is 7.92. The molecule has 0 unspecified atom stereocenters. The number of sulfonamides is 1. The lowest BCUT2D eigenvalue weighted by Gasteiger charge is -2.35. The second-order valence-electron chi connectivity index (χ2n) is 5.85. The third-order valence-corrected chi connectivity index (χ3v) is 5.49. The molecule has 5 nitrogen and oxygen atoms in total. The molecule has 1 fully saturated rings. The Kier molecular flexibility index (Phi) is 5.92. The highest BCUT2D eigenvalue weighted by atomic mass is 35.5.